The Labute approximate surface area is 136 Å². The van der Waals surface area contributed by atoms with E-state index in [1.165, 1.54) is 16.2 Å². The average Bonchev–Trinajstić information content (AvgIpc) is 3.01. The maximum absolute atomic E-state index is 12.0. The third-order valence-electron chi connectivity index (χ3n) is 2.73. The maximum atomic E-state index is 12.0. The molecule has 124 valence electrons. The highest BCUT2D eigenvalue weighted by molar-refractivity contribution is 7.12. The molecule has 0 unspecified atom stereocenters. The number of carbonyl (C=O) groups is 1. The number of carbonyl (C=O) groups excluding carboxylic acids is 1. The SMILES string of the molecule is CCOCCOC(=NCCC[NH+](C)C)NC(=O)c1cccs1. The first-order chi connectivity index (χ1) is 10.6. The van der Waals surface area contributed by atoms with Gasteiger partial charge < -0.3 is 14.4 Å². The number of nitrogens with zero attached hydrogens (tertiary/aromatic N) is 1. The molecule has 0 aliphatic carbocycles. The van der Waals surface area contributed by atoms with Crippen LogP contribution in [-0.4, -0.2) is 58.9 Å². The number of aliphatic imine (C=N–C) groups is 1. The van der Waals surface area contributed by atoms with E-state index in [1.54, 1.807) is 6.07 Å². The second-order valence-electron chi connectivity index (χ2n) is 4.97. The van der Waals surface area contributed by atoms with Gasteiger partial charge in [-0.2, -0.15) is 0 Å². The molecule has 1 rings (SSSR count). The monoisotopic (exact) mass is 328 g/mol. The molecule has 0 spiro atoms. The summed E-state index contributed by atoms with van der Waals surface area (Å²) in [6.45, 7) is 5.07. The summed E-state index contributed by atoms with van der Waals surface area (Å²) in [5.41, 5.74) is 0. The van der Waals surface area contributed by atoms with E-state index in [0.717, 1.165) is 13.0 Å². The molecule has 6 nitrogen and oxygen atoms in total. The third kappa shape index (κ3) is 8.11. The number of hydrogen-bond donors (Lipinski definition) is 2. The second kappa shape index (κ2) is 11.2. The molecule has 0 fully saturated rings. The second-order valence-corrected chi connectivity index (χ2v) is 5.92. The van der Waals surface area contributed by atoms with E-state index in [-0.39, 0.29) is 11.9 Å². The zero-order valence-electron chi connectivity index (χ0n) is 13.6. The molecular weight excluding hydrogens is 302 g/mol. The predicted molar refractivity (Wildman–Crippen MR) is 88.8 cm³/mol. The average molecular weight is 328 g/mol. The van der Waals surface area contributed by atoms with Gasteiger partial charge in [-0.25, -0.2) is 4.99 Å². The minimum Gasteiger partial charge on any atom is -0.463 e. The van der Waals surface area contributed by atoms with Crippen molar-refractivity contribution in [3.05, 3.63) is 22.4 Å². The lowest BCUT2D eigenvalue weighted by Crippen LogP contribution is -3.05. The van der Waals surface area contributed by atoms with Crippen molar-refractivity contribution in [2.45, 2.75) is 13.3 Å². The zero-order chi connectivity index (χ0) is 16.2. The number of nitrogens with one attached hydrogen (secondary N) is 2. The number of thiophene rings is 1. The molecule has 0 atom stereocenters. The summed E-state index contributed by atoms with van der Waals surface area (Å²) in [4.78, 5) is 18.4. The molecule has 0 saturated carbocycles. The summed E-state index contributed by atoms with van der Waals surface area (Å²) >= 11 is 1.39. The molecule has 1 aromatic rings. The molecular formula is C15H26N3O3S+. The van der Waals surface area contributed by atoms with E-state index in [0.29, 0.717) is 31.2 Å². The van der Waals surface area contributed by atoms with Crippen LogP contribution in [0.2, 0.25) is 0 Å². The minimum atomic E-state index is -0.191. The first kappa shape index (κ1) is 18.6. The van der Waals surface area contributed by atoms with Gasteiger partial charge in [0.25, 0.3) is 11.9 Å². The Morgan fingerprint density at radius 3 is 2.86 bits per heavy atom. The van der Waals surface area contributed by atoms with Gasteiger partial charge in [-0.05, 0) is 18.4 Å². The van der Waals surface area contributed by atoms with E-state index in [2.05, 4.69) is 24.4 Å². The normalized spacial score (nSPS) is 11.7. The van der Waals surface area contributed by atoms with E-state index in [4.69, 9.17) is 9.47 Å². The van der Waals surface area contributed by atoms with E-state index < -0.39 is 0 Å². The Morgan fingerprint density at radius 2 is 2.23 bits per heavy atom. The number of ether oxygens (including phenoxy) is 2. The number of amides is 1. The summed E-state index contributed by atoms with van der Waals surface area (Å²) < 4.78 is 10.7. The van der Waals surface area contributed by atoms with E-state index in [9.17, 15) is 4.79 Å². The van der Waals surface area contributed by atoms with Crippen molar-refractivity contribution >= 4 is 23.3 Å². The van der Waals surface area contributed by atoms with Crippen LogP contribution in [0.3, 0.4) is 0 Å². The topological polar surface area (TPSA) is 64.4 Å². The van der Waals surface area contributed by atoms with Gasteiger partial charge in [0.1, 0.15) is 6.61 Å². The molecule has 22 heavy (non-hydrogen) atoms. The van der Waals surface area contributed by atoms with Gasteiger partial charge in [0.15, 0.2) is 0 Å². The molecule has 1 aromatic heterocycles. The first-order valence-electron chi connectivity index (χ1n) is 7.52. The smallest absolute Gasteiger partial charge is 0.291 e. The third-order valence-corrected chi connectivity index (χ3v) is 3.59. The predicted octanol–water partition coefficient (Wildman–Crippen LogP) is 0.422. The standard InChI is InChI=1S/C15H25N3O3S/c1-4-20-10-11-21-15(16-8-6-9-18(2)3)17-14(19)13-7-5-12-22-13/h5,7,12H,4,6,8-11H2,1-3H3,(H,16,17,19)/p+1. The van der Waals surface area contributed by atoms with Crippen molar-refractivity contribution in [1.82, 2.24) is 5.32 Å². The zero-order valence-corrected chi connectivity index (χ0v) is 14.4. The number of rotatable bonds is 9. The number of quaternary nitrogens is 1. The molecule has 0 aromatic carbocycles. The Bertz CT molecular complexity index is 447. The summed E-state index contributed by atoms with van der Waals surface area (Å²) in [5.74, 6) is -0.191. The van der Waals surface area contributed by atoms with Crippen LogP contribution in [-0.2, 0) is 9.47 Å². The Hall–Kier alpha value is -1.44. The molecule has 1 heterocycles. The van der Waals surface area contributed by atoms with Crippen LogP contribution in [0.25, 0.3) is 0 Å². The van der Waals surface area contributed by atoms with Crippen molar-refractivity contribution < 1.29 is 19.2 Å². The van der Waals surface area contributed by atoms with Gasteiger partial charge >= 0.3 is 0 Å². The summed E-state index contributed by atoms with van der Waals surface area (Å²) in [5, 5.41) is 4.58. The number of amidine groups is 1. The minimum absolute atomic E-state index is 0.191. The summed E-state index contributed by atoms with van der Waals surface area (Å²) in [7, 11) is 4.20. The van der Waals surface area contributed by atoms with E-state index in [1.807, 2.05) is 18.4 Å². The lowest BCUT2D eigenvalue weighted by atomic mass is 10.4. The molecule has 0 aliphatic rings. The largest absolute Gasteiger partial charge is 0.463 e. The van der Waals surface area contributed by atoms with E-state index >= 15 is 0 Å². The van der Waals surface area contributed by atoms with Crippen LogP contribution < -0.4 is 10.2 Å². The fourth-order valence-corrected chi connectivity index (χ4v) is 2.26. The lowest BCUT2D eigenvalue weighted by Gasteiger charge is -2.11. The Morgan fingerprint density at radius 1 is 1.41 bits per heavy atom. The van der Waals surface area contributed by atoms with Crippen LogP contribution in [0.5, 0.6) is 0 Å². The Kier molecular flexibility index (Phi) is 9.45. The van der Waals surface area contributed by atoms with Gasteiger partial charge in [0.05, 0.1) is 32.1 Å². The van der Waals surface area contributed by atoms with Crippen LogP contribution in [0, 0.1) is 0 Å². The molecule has 0 bridgehead atoms. The van der Waals surface area contributed by atoms with Crippen molar-refractivity contribution in [3.8, 4) is 0 Å². The molecule has 0 aliphatic heterocycles. The summed E-state index contributed by atoms with van der Waals surface area (Å²) in [6.07, 6.45) is 0.940. The van der Waals surface area contributed by atoms with Crippen LogP contribution >= 0.6 is 11.3 Å². The van der Waals surface area contributed by atoms with Gasteiger partial charge in [-0.3, -0.25) is 10.1 Å². The van der Waals surface area contributed by atoms with Crippen molar-refractivity contribution in [1.29, 1.82) is 0 Å². The fourth-order valence-electron chi connectivity index (χ4n) is 1.64. The quantitative estimate of drug-likeness (QED) is 0.392. The summed E-state index contributed by atoms with van der Waals surface area (Å²) in [6, 6.07) is 3.88. The highest BCUT2D eigenvalue weighted by Crippen LogP contribution is 2.07. The molecule has 0 saturated heterocycles. The van der Waals surface area contributed by atoms with Crippen molar-refractivity contribution in [3.63, 3.8) is 0 Å². The van der Waals surface area contributed by atoms with Crippen LogP contribution in [0.15, 0.2) is 22.5 Å². The van der Waals surface area contributed by atoms with Gasteiger partial charge in [-0.15, -0.1) is 11.3 Å². The Balaban J connectivity index is 2.48. The number of hydrogen-bond acceptors (Lipinski definition) is 5. The maximum Gasteiger partial charge on any atom is 0.291 e. The molecule has 2 N–H and O–H groups in total. The highest BCUT2D eigenvalue weighted by atomic mass is 32.1. The van der Waals surface area contributed by atoms with Crippen molar-refractivity contribution in [2.24, 2.45) is 4.99 Å². The first-order valence-corrected chi connectivity index (χ1v) is 8.40. The van der Waals surface area contributed by atoms with Crippen molar-refractivity contribution in [2.75, 3.05) is 47.0 Å². The van der Waals surface area contributed by atoms with Gasteiger partial charge in [0, 0.05) is 19.6 Å². The lowest BCUT2D eigenvalue weighted by molar-refractivity contribution is -0.858. The highest BCUT2D eigenvalue weighted by Gasteiger charge is 2.10. The molecule has 7 heteroatoms. The van der Waals surface area contributed by atoms with Crippen LogP contribution in [0.4, 0.5) is 0 Å². The molecule has 1 amide bonds. The fraction of sp³-hybridized carbons (Fsp3) is 0.600. The molecule has 0 radical (unpaired) electrons. The van der Waals surface area contributed by atoms with Gasteiger partial charge in [-0.1, -0.05) is 6.07 Å². The van der Waals surface area contributed by atoms with Gasteiger partial charge in [0.2, 0.25) is 0 Å². The van der Waals surface area contributed by atoms with Crippen LogP contribution in [0.1, 0.15) is 23.0 Å².